The Hall–Kier alpha value is -1.10. The van der Waals surface area contributed by atoms with Crippen molar-refractivity contribution in [3.63, 3.8) is 0 Å². The van der Waals surface area contributed by atoms with Crippen molar-refractivity contribution >= 4 is 11.8 Å². The van der Waals surface area contributed by atoms with Crippen LogP contribution in [0.5, 0.6) is 0 Å². The van der Waals surface area contributed by atoms with Gasteiger partial charge in [-0.05, 0) is 51.4 Å². The van der Waals surface area contributed by atoms with Crippen LogP contribution in [0.3, 0.4) is 0 Å². The zero-order valence-corrected chi connectivity index (χ0v) is 14.7. The van der Waals surface area contributed by atoms with Crippen molar-refractivity contribution in [3.05, 3.63) is 0 Å². The standard InChI is InChI=1S/C19H32N2O3/c22-13-19(11-3-4-12-19)21-18(24)15-7-9-16(10-8-15)20-17(23)14-5-1-2-6-14/h14-16,22H,1-13H2,(H,20,23)(H,21,24). The Morgan fingerprint density at radius 1 is 0.833 bits per heavy atom. The van der Waals surface area contributed by atoms with Gasteiger partial charge in [-0.3, -0.25) is 9.59 Å². The molecule has 0 saturated heterocycles. The first kappa shape index (κ1) is 17.7. The highest BCUT2D eigenvalue weighted by atomic mass is 16.3. The average Bonchev–Trinajstić information content (AvgIpc) is 3.28. The number of aliphatic hydroxyl groups is 1. The third kappa shape index (κ3) is 4.11. The molecule has 2 amide bonds. The summed E-state index contributed by atoms with van der Waals surface area (Å²) in [7, 11) is 0. The first-order valence-corrected chi connectivity index (χ1v) is 9.85. The molecule has 5 heteroatoms. The summed E-state index contributed by atoms with van der Waals surface area (Å²) in [5.41, 5.74) is -0.370. The Kier molecular flexibility index (Phi) is 5.80. The van der Waals surface area contributed by atoms with E-state index in [0.717, 1.165) is 64.2 Å². The molecule has 3 rings (SSSR count). The molecule has 0 aromatic rings. The molecule has 0 aromatic carbocycles. The van der Waals surface area contributed by atoms with Gasteiger partial charge in [0.2, 0.25) is 11.8 Å². The molecule has 0 atom stereocenters. The van der Waals surface area contributed by atoms with Crippen LogP contribution in [0.25, 0.3) is 0 Å². The molecule has 3 saturated carbocycles. The summed E-state index contributed by atoms with van der Waals surface area (Å²) < 4.78 is 0. The van der Waals surface area contributed by atoms with E-state index in [9.17, 15) is 14.7 Å². The fraction of sp³-hybridized carbons (Fsp3) is 0.895. The van der Waals surface area contributed by atoms with Crippen molar-refractivity contribution in [1.29, 1.82) is 0 Å². The van der Waals surface area contributed by atoms with Crippen LogP contribution in [0, 0.1) is 11.8 Å². The Balaban J connectivity index is 1.42. The van der Waals surface area contributed by atoms with E-state index in [0.29, 0.717) is 0 Å². The molecule has 3 aliphatic rings. The highest BCUT2D eigenvalue weighted by Gasteiger charge is 2.37. The molecule has 0 unspecified atom stereocenters. The Morgan fingerprint density at radius 2 is 1.42 bits per heavy atom. The molecule has 136 valence electrons. The van der Waals surface area contributed by atoms with Crippen LogP contribution in [0.1, 0.15) is 77.0 Å². The quantitative estimate of drug-likeness (QED) is 0.721. The lowest BCUT2D eigenvalue weighted by Gasteiger charge is -2.33. The van der Waals surface area contributed by atoms with E-state index in [2.05, 4.69) is 10.6 Å². The smallest absolute Gasteiger partial charge is 0.223 e. The molecule has 24 heavy (non-hydrogen) atoms. The van der Waals surface area contributed by atoms with Gasteiger partial charge >= 0.3 is 0 Å². The number of carbonyl (C=O) groups is 2. The highest BCUT2D eigenvalue weighted by molar-refractivity contribution is 5.80. The number of hydrogen-bond donors (Lipinski definition) is 3. The van der Waals surface area contributed by atoms with Crippen LogP contribution in [0.2, 0.25) is 0 Å². The van der Waals surface area contributed by atoms with Crippen molar-refractivity contribution in [3.8, 4) is 0 Å². The summed E-state index contributed by atoms with van der Waals surface area (Å²) in [4.78, 5) is 24.8. The maximum atomic E-state index is 12.5. The molecule has 0 spiro atoms. The van der Waals surface area contributed by atoms with Gasteiger partial charge in [0.05, 0.1) is 12.1 Å². The van der Waals surface area contributed by atoms with Gasteiger partial charge in [-0.25, -0.2) is 0 Å². The monoisotopic (exact) mass is 336 g/mol. The van der Waals surface area contributed by atoms with Gasteiger partial charge in [-0.15, -0.1) is 0 Å². The van der Waals surface area contributed by atoms with Crippen LogP contribution in [0.15, 0.2) is 0 Å². The lowest BCUT2D eigenvalue weighted by molar-refractivity contribution is -0.128. The molecule has 0 aromatic heterocycles. The van der Waals surface area contributed by atoms with Gasteiger partial charge in [-0.2, -0.15) is 0 Å². The van der Waals surface area contributed by atoms with Crippen LogP contribution >= 0.6 is 0 Å². The molecular weight excluding hydrogens is 304 g/mol. The second-order valence-corrected chi connectivity index (χ2v) is 8.17. The third-order valence-electron chi connectivity index (χ3n) is 6.42. The number of carbonyl (C=O) groups excluding carboxylic acids is 2. The zero-order chi connectivity index (χ0) is 17.0. The zero-order valence-electron chi connectivity index (χ0n) is 14.7. The summed E-state index contributed by atoms with van der Waals surface area (Å²) in [5, 5.41) is 16.0. The molecule has 3 aliphatic carbocycles. The van der Waals surface area contributed by atoms with E-state index >= 15 is 0 Å². The summed E-state index contributed by atoms with van der Waals surface area (Å²) in [6.07, 6.45) is 11.8. The Morgan fingerprint density at radius 3 is 2.00 bits per heavy atom. The summed E-state index contributed by atoms with van der Waals surface area (Å²) in [6, 6.07) is 0.237. The van der Waals surface area contributed by atoms with E-state index in [1.54, 1.807) is 0 Å². The third-order valence-corrected chi connectivity index (χ3v) is 6.42. The van der Waals surface area contributed by atoms with Crippen molar-refractivity contribution < 1.29 is 14.7 Å². The van der Waals surface area contributed by atoms with E-state index < -0.39 is 0 Å². The molecule has 0 aliphatic heterocycles. The minimum Gasteiger partial charge on any atom is -0.394 e. The Labute approximate surface area is 145 Å². The second-order valence-electron chi connectivity index (χ2n) is 8.17. The molecule has 3 N–H and O–H groups in total. The summed E-state index contributed by atoms with van der Waals surface area (Å²) >= 11 is 0. The second kappa shape index (κ2) is 7.85. The van der Waals surface area contributed by atoms with E-state index in [1.807, 2.05) is 0 Å². The summed E-state index contributed by atoms with van der Waals surface area (Å²) in [6.45, 7) is 0.0472. The first-order valence-electron chi connectivity index (χ1n) is 9.85. The van der Waals surface area contributed by atoms with Crippen LogP contribution < -0.4 is 10.6 Å². The number of hydrogen-bond acceptors (Lipinski definition) is 3. The van der Waals surface area contributed by atoms with Gasteiger partial charge < -0.3 is 15.7 Å². The first-order chi connectivity index (χ1) is 11.6. The minimum absolute atomic E-state index is 0.0358. The van der Waals surface area contributed by atoms with Gasteiger partial charge in [0.25, 0.3) is 0 Å². The van der Waals surface area contributed by atoms with Crippen molar-refractivity contribution in [1.82, 2.24) is 10.6 Å². The minimum atomic E-state index is -0.370. The fourth-order valence-electron chi connectivity index (χ4n) is 4.74. The SMILES string of the molecule is O=C(NC1CCC(C(=O)NC2(CO)CCCC2)CC1)C1CCCC1. The number of nitrogens with one attached hydrogen (secondary N) is 2. The van der Waals surface area contributed by atoms with Crippen LogP contribution in [-0.4, -0.2) is 35.1 Å². The van der Waals surface area contributed by atoms with E-state index in [4.69, 9.17) is 0 Å². The highest BCUT2D eigenvalue weighted by Crippen LogP contribution is 2.32. The number of aliphatic hydroxyl groups excluding tert-OH is 1. The van der Waals surface area contributed by atoms with Crippen LogP contribution in [0.4, 0.5) is 0 Å². The van der Waals surface area contributed by atoms with Gasteiger partial charge in [0, 0.05) is 17.9 Å². The Bertz CT molecular complexity index is 446. The fourth-order valence-corrected chi connectivity index (χ4v) is 4.74. The number of rotatable bonds is 5. The normalized spacial score (nSPS) is 30.2. The topological polar surface area (TPSA) is 78.4 Å². The molecule has 5 nitrogen and oxygen atoms in total. The lowest BCUT2D eigenvalue weighted by atomic mass is 9.84. The predicted molar refractivity (Wildman–Crippen MR) is 92.3 cm³/mol. The molecule has 0 heterocycles. The van der Waals surface area contributed by atoms with E-state index in [-0.39, 0.29) is 41.8 Å². The maximum Gasteiger partial charge on any atom is 0.223 e. The van der Waals surface area contributed by atoms with Gasteiger partial charge in [0.15, 0.2) is 0 Å². The van der Waals surface area contributed by atoms with Gasteiger partial charge in [-0.1, -0.05) is 25.7 Å². The maximum absolute atomic E-state index is 12.5. The number of amides is 2. The predicted octanol–water partition coefficient (Wildman–Crippen LogP) is 2.27. The van der Waals surface area contributed by atoms with Crippen molar-refractivity contribution in [2.75, 3.05) is 6.61 Å². The molecule has 3 fully saturated rings. The molecule has 0 bridgehead atoms. The molecule has 0 radical (unpaired) electrons. The summed E-state index contributed by atoms with van der Waals surface area (Å²) in [5.74, 6) is 0.587. The van der Waals surface area contributed by atoms with Gasteiger partial charge in [0.1, 0.15) is 0 Å². The molecular formula is C19H32N2O3. The van der Waals surface area contributed by atoms with Crippen molar-refractivity contribution in [2.24, 2.45) is 11.8 Å². The lowest BCUT2D eigenvalue weighted by Crippen LogP contribution is -2.52. The largest absolute Gasteiger partial charge is 0.394 e. The van der Waals surface area contributed by atoms with Crippen LogP contribution in [-0.2, 0) is 9.59 Å². The van der Waals surface area contributed by atoms with Crippen molar-refractivity contribution in [2.45, 2.75) is 88.6 Å². The van der Waals surface area contributed by atoms with E-state index in [1.165, 1.54) is 12.8 Å². The average molecular weight is 336 g/mol.